The lowest BCUT2D eigenvalue weighted by Gasteiger charge is -2.23. The van der Waals surface area contributed by atoms with Crippen LogP contribution in [0.3, 0.4) is 0 Å². The molecule has 3 rings (SSSR count). The fraction of sp³-hybridized carbons (Fsp3) is 0.632. The molecule has 1 aliphatic rings. The fourth-order valence-corrected chi connectivity index (χ4v) is 7.44. The van der Waals surface area contributed by atoms with Crippen LogP contribution in [-0.4, -0.2) is 47.1 Å². The highest BCUT2D eigenvalue weighted by Gasteiger charge is 2.39. The molecule has 3 heterocycles. The topological polar surface area (TPSA) is 109 Å². The molecule has 1 saturated heterocycles. The lowest BCUT2D eigenvalue weighted by Crippen LogP contribution is -2.47. The molecule has 29 heavy (non-hydrogen) atoms. The Morgan fingerprint density at radius 3 is 2.79 bits per heavy atom. The van der Waals surface area contributed by atoms with Crippen LogP contribution >= 0.6 is 23.1 Å². The number of fused-ring (bicyclic) bond motifs is 1. The summed E-state index contributed by atoms with van der Waals surface area (Å²) in [5.74, 6) is 0.347. The van der Waals surface area contributed by atoms with Crippen LogP contribution in [0.4, 0.5) is 0 Å². The van der Waals surface area contributed by atoms with Crippen LogP contribution in [0.2, 0.25) is 0 Å². The zero-order chi connectivity index (χ0) is 21.4. The highest BCUT2D eigenvalue weighted by Crippen LogP contribution is 2.30. The van der Waals surface area contributed by atoms with E-state index in [9.17, 15) is 18.0 Å². The molecule has 0 aromatic carbocycles. The van der Waals surface area contributed by atoms with Gasteiger partial charge in [-0.2, -0.15) is 0 Å². The molecule has 2 N–H and O–H groups in total. The van der Waals surface area contributed by atoms with Crippen LogP contribution in [0.5, 0.6) is 0 Å². The summed E-state index contributed by atoms with van der Waals surface area (Å²) in [6.07, 6.45) is 2.31. The third kappa shape index (κ3) is 5.21. The van der Waals surface area contributed by atoms with Crippen molar-refractivity contribution in [3.63, 3.8) is 0 Å². The molecule has 1 fully saturated rings. The van der Waals surface area contributed by atoms with Crippen molar-refractivity contribution in [2.75, 3.05) is 17.3 Å². The van der Waals surface area contributed by atoms with Gasteiger partial charge >= 0.3 is 0 Å². The quantitative estimate of drug-likeness (QED) is 0.489. The number of sulfone groups is 1. The van der Waals surface area contributed by atoms with Crippen LogP contribution < -0.4 is 10.9 Å². The maximum absolute atomic E-state index is 12.7. The Labute approximate surface area is 179 Å². The Hall–Kier alpha value is -1.39. The molecule has 0 spiro atoms. The summed E-state index contributed by atoms with van der Waals surface area (Å²) in [6.45, 7) is 8.07. The van der Waals surface area contributed by atoms with Crippen molar-refractivity contribution in [2.24, 2.45) is 5.92 Å². The molecule has 0 radical (unpaired) electrons. The van der Waals surface area contributed by atoms with Gasteiger partial charge in [0.2, 0.25) is 5.91 Å². The molecular formula is C19H27N3O4S3. The summed E-state index contributed by atoms with van der Waals surface area (Å²) in [4.78, 5) is 34.1. The molecule has 0 bridgehead atoms. The van der Waals surface area contributed by atoms with Crippen LogP contribution in [-0.2, 0) is 21.1 Å². The van der Waals surface area contributed by atoms with Gasteiger partial charge in [0.1, 0.15) is 4.83 Å². The fourth-order valence-electron chi connectivity index (χ4n) is 3.58. The molecule has 7 nitrogen and oxygen atoms in total. The number of thioether (sulfide) groups is 1. The van der Waals surface area contributed by atoms with Crippen molar-refractivity contribution in [3.8, 4) is 0 Å². The van der Waals surface area contributed by atoms with Crippen molar-refractivity contribution in [1.29, 1.82) is 0 Å². The van der Waals surface area contributed by atoms with E-state index in [1.165, 1.54) is 11.3 Å². The molecule has 2 aromatic rings. The standard InChI is InChI=1S/C19H27N3O4S3/c1-5-11(2)8-13-12(3)28-17-15(13)16(24)20-18(21-17)27-9-14(23)22-19(4)6-7-29(25,26)10-19/h11H,5-10H2,1-4H3,(H,22,23)(H,20,21,24). The first-order valence-corrected chi connectivity index (χ1v) is 13.3. The number of aryl methyl sites for hydroxylation is 1. The number of nitrogens with zero attached hydrogens (tertiary/aromatic N) is 1. The minimum Gasteiger partial charge on any atom is -0.349 e. The second-order valence-corrected chi connectivity index (χ2v) is 12.5. The summed E-state index contributed by atoms with van der Waals surface area (Å²) in [6, 6.07) is 0. The number of nitrogens with one attached hydrogen (secondary N) is 2. The average molecular weight is 458 g/mol. The van der Waals surface area contributed by atoms with E-state index in [-0.39, 0.29) is 28.7 Å². The van der Waals surface area contributed by atoms with E-state index in [1.807, 2.05) is 6.92 Å². The first-order chi connectivity index (χ1) is 13.5. The maximum Gasteiger partial charge on any atom is 0.260 e. The maximum atomic E-state index is 12.7. The van der Waals surface area contributed by atoms with Gasteiger partial charge in [0.15, 0.2) is 15.0 Å². The van der Waals surface area contributed by atoms with Gasteiger partial charge < -0.3 is 10.3 Å². The van der Waals surface area contributed by atoms with E-state index in [1.54, 1.807) is 6.92 Å². The molecule has 0 saturated carbocycles. The van der Waals surface area contributed by atoms with Gasteiger partial charge in [-0.15, -0.1) is 11.3 Å². The summed E-state index contributed by atoms with van der Waals surface area (Å²) < 4.78 is 23.4. The smallest absolute Gasteiger partial charge is 0.260 e. The Morgan fingerprint density at radius 2 is 2.17 bits per heavy atom. The summed E-state index contributed by atoms with van der Waals surface area (Å²) in [7, 11) is -3.09. The van der Waals surface area contributed by atoms with Crippen LogP contribution in [0.15, 0.2) is 9.95 Å². The Bertz CT molecular complexity index is 1090. The first-order valence-electron chi connectivity index (χ1n) is 9.68. The van der Waals surface area contributed by atoms with Gasteiger partial charge in [-0.05, 0) is 38.2 Å². The minimum atomic E-state index is -3.09. The van der Waals surface area contributed by atoms with Gasteiger partial charge in [-0.1, -0.05) is 32.0 Å². The van der Waals surface area contributed by atoms with Crippen LogP contribution in [0, 0.1) is 12.8 Å². The zero-order valence-corrected chi connectivity index (χ0v) is 19.6. The van der Waals surface area contributed by atoms with Crippen molar-refractivity contribution in [1.82, 2.24) is 15.3 Å². The van der Waals surface area contributed by atoms with Gasteiger partial charge in [0.25, 0.3) is 5.56 Å². The van der Waals surface area contributed by atoms with Crippen LogP contribution in [0.25, 0.3) is 10.2 Å². The van der Waals surface area contributed by atoms with Gasteiger partial charge in [-0.3, -0.25) is 9.59 Å². The number of H-pyrrole nitrogens is 1. The predicted molar refractivity (Wildman–Crippen MR) is 119 cm³/mol. The second-order valence-electron chi connectivity index (χ2n) is 8.15. The number of hydrogen-bond acceptors (Lipinski definition) is 7. The van der Waals surface area contributed by atoms with E-state index < -0.39 is 15.4 Å². The summed E-state index contributed by atoms with van der Waals surface area (Å²) in [5, 5.41) is 3.88. The van der Waals surface area contributed by atoms with Crippen molar-refractivity contribution < 1.29 is 13.2 Å². The molecule has 10 heteroatoms. The Balaban J connectivity index is 1.71. The van der Waals surface area contributed by atoms with E-state index in [4.69, 9.17) is 0 Å². The molecular weight excluding hydrogens is 430 g/mol. The Morgan fingerprint density at radius 1 is 1.45 bits per heavy atom. The van der Waals surface area contributed by atoms with Crippen molar-refractivity contribution in [2.45, 2.75) is 57.7 Å². The highest BCUT2D eigenvalue weighted by atomic mass is 32.2. The zero-order valence-electron chi connectivity index (χ0n) is 17.1. The van der Waals surface area contributed by atoms with E-state index in [0.29, 0.717) is 27.7 Å². The van der Waals surface area contributed by atoms with Gasteiger partial charge in [-0.25, -0.2) is 13.4 Å². The molecule has 0 aliphatic carbocycles. The van der Waals surface area contributed by atoms with E-state index >= 15 is 0 Å². The van der Waals surface area contributed by atoms with Crippen LogP contribution in [0.1, 0.15) is 44.1 Å². The molecule has 1 aliphatic heterocycles. The monoisotopic (exact) mass is 457 g/mol. The average Bonchev–Trinajstić information content (AvgIpc) is 3.08. The highest BCUT2D eigenvalue weighted by molar-refractivity contribution is 7.99. The summed E-state index contributed by atoms with van der Waals surface area (Å²) >= 11 is 2.66. The predicted octanol–water partition coefficient (Wildman–Crippen LogP) is 2.67. The SMILES string of the molecule is CCC(C)Cc1c(C)sc2nc(SCC(=O)NC3(C)CCS(=O)(=O)C3)[nH]c(=O)c12. The number of carbonyl (C=O) groups excluding carboxylic acids is 1. The van der Waals surface area contributed by atoms with E-state index in [2.05, 4.69) is 29.1 Å². The van der Waals surface area contributed by atoms with Gasteiger partial charge in [0.05, 0.1) is 28.2 Å². The Kier molecular flexibility index (Phi) is 6.45. The molecule has 160 valence electrons. The number of thiophene rings is 1. The largest absolute Gasteiger partial charge is 0.349 e. The molecule has 2 aromatic heterocycles. The second kappa shape index (κ2) is 8.39. The number of amides is 1. The molecule has 2 atom stereocenters. The van der Waals surface area contributed by atoms with Gasteiger partial charge in [0, 0.05) is 4.88 Å². The first kappa shape index (κ1) is 22.3. The number of rotatable bonds is 7. The number of hydrogen-bond donors (Lipinski definition) is 2. The molecule has 2 unspecified atom stereocenters. The number of aromatic nitrogens is 2. The lowest BCUT2D eigenvalue weighted by atomic mass is 9.98. The third-order valence-corrected chi connectivity index (χ3v) is 9.19. The van der Waals surface area contributed by atoms with Crippen molar-refractivity contribution >= 4 is 49.1 Å². The van der Waals surface area contributed by atoms with Crippen molar-refractivity contribution in [3.05, 3.63) is 20.8 Å². The minimum absolute atomic E-state index is 0.0368. The number of aromatic amines is 1. The number of carbonyl (C=O) groups is 1. The normalized spacial score (nSPS) is 22.1. The third-order valence-electron chi connectivity index (χ3n) is 5.38. The van der Waals surface area contributed by atoms with E-state index in [0.717, 1.165) is 35.0 Å². The lowest BCUT2D eigenvalue weighted by molar-refractivity contribution is -0.120. The summed E-state index contributed by atoms with van der Waals surface area (Å²) in [5.41, 5.74) is 0.170. The molecule has 1 amide bonds.